The summed E-state index contributed by atoms with van der Waals surface area (Å²) in [5.41, 5.74) is 0. The Morgan fingerprint density at radius 1 is 1.38 bits per heavy atom. The lowest BCUT2D eigenvalue weighted by atomic mass is 9.87. The van der Waals surface area contributed by atoms with Crippen LogP contribution in [0, 0.1) is 11.3 Å². The molecule has 3 heteroatoms. The minimum Gasteiger partial charge on any atom is -0.360 e. The second kappa shape index (κ2) is 7.21. The summed E-state index contributed by atoms with van der Waals surface area (Å²) >= 11 is 1.89. The zero-order chi connectivity index (χ0) is 12.0. The van der Waals surface area contributed by atoms with Gasteiger partial charge in [-0.25, -0.2) is 0 Å². The molecule has 94 valence electrons. The highest BCUT2D eigenvalue weighted by atomic mass is 32.2. The lowest BCUT2D eigenvalue weighted by Crippen LogP contribution is -2.41. The fraction of sp³-hybridized carbons (Fsp3) is 0.923. The number of hydrogen-bond donors (Lipinski definition) is 1. The maximum Gasteiger partial charge on any atom is 0.0989 e. The minimum atomic E-state index is 0.537. The summed E-state index contributed by atoms with van der Waals surface area (Å²) in [6.45, 7) is 2.23. The predicted molar refractivity (Wildman–Crippen MR) is 74.5 cm³/mol. The Kier molecular flexibility index (Phi) is 6.25. The lowest BCUT2D eigenvalue weighted by molar-refractivity contribution is 0.335. The number of nitrogens with one attached hydrogen (secondary N) is 1. The molecule has 0 aromatic carbocycles. The maximum atomic E-state index is 8.32. The number of amidine groups is 1. The molecule has 1 fully saturated rings. The second-order valence-electron chi connectivity index (χ2n) is 4.85. The highest BCUT2D eigenvalue weighted by molar-refractivity contribution is 7.98. The molecule has 2 nitrogen and oxygen atoms in total. The number of rotatable bonds is 5. The van der Waals surface area contributed by atoms with Crippen molar-refractivity contribution in [3.05, 3.63) is 0 Å². The van der Waals surface area contributed by atoms with Gasteiger partial charge in [0.15, 0.2) is 0 Å². The Bertz CT molecular complexity index is 212. The normalized spacial score (nSPS) is 19.4. The molecule has 1 unspecified atom stereocenters. The fourth-order valence-corrected chi connectivity index (χ4v) is 3.40. The SMILES string of the molecule is CCC(CSC)N(C)C(=N)C1CCCCC1. The first kappa shape index (κ1) is 13.9. The molecule has 0 aromatic rings. The van der Waals surface area contributed by atoms with E-state index in [1.165, 1.54) is 32.1 Å². The molecule has 1 atom stereocenters. The van der Waals surface area contributed by atoms with Crippen LogP contribution in [-0.4, -0.2) is 35.8 Å². The van der Waals surface area contributed by atoms with Gasteiger partial charge in [0.25, 0.3) is 0 Å². The third-order valence-electron chi connectivity index (χ3n) is 3.75. The summed E-state index contributed by atoms with van der Waals surface area (Å²) < 4.78 is 0. The van der Waals surface area contributed by atoms with Crippen molar-refractivity contribution in [1.82, 2.24) is 4.90 Å². The van der Waals surface area contributed by atoms with Crippen LogP contribution in [0.15, 0.2) is 0 Å². The van der Waals surface area contributed by atoms with E-state index in [1.54, 1.807) is 0 Å². The van der Waals surface area contributed by atoms with Crippen LogP contribution >= 0.6 is 11.8 Å². The van der Waals surface area contributed by atoms with E-state index in [0.29, 0.717) is 12.0 Å². The lowest BCUT2D eigenvalue weighted by Gasteiger charge is -2.34. The van der Waals surface area contributed by atoms with Crippen molar-refractivity contribution < 1.29 is 0 Å². The average molecular weight is 242 g/mol. The monoisotopic (exact) mass is 242 g/mol. The molecule has 0 radical (unpaired) electrons. The van der Waals surface area contributed by atoms with Gasteiger partial charge in [0.2, 0.25) is 0 Å². The quantitative estimate of drug-likeness (QED) is 0.589. The summed E-state index contributed by atoms with van der Waals surface area (Å²) in [7, 11) is 2.11. The van der Waals surface area contributed by atoms with Crippen molar-refractivity contribution in [2.45, 2.75) is 51.5 Å². The van der Waals surface area contributed by atoms with Gasteiger partial charge in [-0.3, -0.25) is 5.41 Å². The molecular formula is C13H26N2S. The van der Waals surface area contributed by atoms with Crippen LogP contribution in [0.1, 0.15) is 45.4 Å². The number of thioether (sulfide) groups is 1. The molecule has 0 amide bonds. The van der Waals surface area contributed by atoms with Crippen LogP contribution in [0.25, 0.3) is 0 Å². The van der Waals surface area contributed by atoms with Crippen LogP contribution in [-0.2, 0) is 0 Å². The summed E-state index contributed by atoms with van der Waals surface area (Å²) in [6, 6.07) is 0.546. The number of nitrogens with zero attached hydrogens (tertiary/aromatic N) is 1. The van der Waals surface area contributed by atoms with Gasteiger partial charge in [-0.1, -0.05) is 26.2 Å². The van der Waals surface area contributed by atoms with E-state index in [-0.39, 0.29) is 0 Å². The van der Waals surface area contributed by atoms with Gasteiger partial charge in [-0.2, -0.15) is 11.8 Å². The highest BCUT2D eigenvalue weighted by Gasteiger charge is 2.24. The van der Waals surface area contributed by atoms with Crippen LogP contribution in [0.5, 0.6) is 0 Å². The second-order valence-corrected chi connectivity index (χ2v) is 5.76. The van der Waals surface area contributed by atoms with E-state index in [9.17, 15) is 0 Å². The van der Waals surface area contributed by atoms with Gasteiger partial charge in [-0.15, -0.1) is 0 Å². The van der Waals surface area contributed by atoms with Gasteiger partial charge >= 0.3 is 0 Å². The molecule has 0 saturated heterocycles. The zero-order valence-electron chi connectivity index (χ0n) is 11.0. The average Bonchev–Trinajstić information content (AvgIpc) is 2.35. The highest BCUT2D eigenvalue weighted by Crippen LogP contribution is 2.26. The van der Waals surface area contributed by atoms with Gasteiger partial charge in [0.05, 0.1) is 5.84 Å². The predicted octanol–water partition coefficient (Wildman–Crippen LogP) is 3.62. The van der Waals surface area contributed by atoms with Gasteiger partial charge in [0.1, 0.15) is 0 Å². The molecule has 0 spiro atoms. The van der Waals surface area contributed by atoms with Crippen molar-refractivity contribution in [2.75, 3.05) is 19.1 Å². The molecule has 1 rings (SSSR count). The fourth-order valence-electron chi connectivity index (χ4n) is 2.56. The standard InChI is InChI=1S/C13H26N2S/c1-4-12(10-16-3)15(2)13(14)11-8-6-5-7-9-11/h11-12,14H,4-10H2,1-3H3. The Morgan fingerprint density at radius 3 is 2.50 bits per heavy atom. The third kappa shape index (κ3) is 3.69. The number of hydrogen-bond acceptors (Lipinski definition) is 2. The van der Waals surface area contributed by atoms with Gasteiger partial charge in [0, 0.05) is 24.8 Å². The summed E-state index contributed by atoms with van der Waals surface area (Å²) in [5, 5.41) is 8.32. The van der Waals surface area contributed by atoms with Gasteiger partial charge < -0.3 is 4.90 Å². The summed E-state index contributed by atoms with van der Waals surface area (Å²) in [5.74, 6) is 2.57. The maximum absolute atomic E-state index is 8.32. The first-order valence-electron chi connectivity index (χ1n) is 6.50. The summed E-state index contributed by atoms with van der Waals surface area (Å²) in [6.07, 6.45) is 9.78. The topological polar surface area (TPSA) is 27.1 Å². The first-order chi connectivity index (χ1) is 7.70. The minimum absolute atomic E-state index is 0.537. The van der Waals surface area contributed by atoms with Crippen molar-refractivity contribution in [1.29, 1.82) is 5.41 Å². The van der Waals surface area contributed by atoms with E-state index in [4.69, 9.17) is 5.41 Å². The van der Waals surface area contributed by atoms with Crippen LogP contribution in [0.2, 0.25) is 0 Å². The molecule has 0 aromatic heterocycles. The van der Waals surface area contributed by atoms with Crippen LogP contribution < -0.4 is 0 Å². The molecule has 0 bridgehead atoms. The van der Waals surface area contributed by atoms with Crippen molar-refractivity contribution in [3.8, 4) is 0 Å². The smallest absolute Gasteiger partial charge is 0.0989 e. The Hall–Kier alpha value is -0.180. The van der Waals surface area contributed by atoms with E-state index < -0.39 is 0 Å². The first-order valence-corrected chi connectivity index (χ1v) is 7.90. The van der Waals surface area contributed by atoms with Gasteiger partial charge in [-0.05, 0) is 25.5 Å². The molecule has 0 aliphatic heterocycles. The van der Waals surface area contributed by atoms with Crippen LogP contribution in [0.3, 0.4) is 0 Å². The molecule has 1 aliphatic carbocycles. The third-order valence-corrected chi connectivity index (χ3v) is 4.47. The Balaban J connectivity index is 2.49. The van der Waals surface area contributed by atoms with Crippen molar-refractivity contribution in [3.63, 3.8) is 0 Å². The largest absolute Gasteiger partial charge is 0.360 e. The molecule has 1 N–H and O–H groups in total. The Morgan fingerprint density at radius 2 is 2.00 bits per heavy atom. The van der Waals surface area contributed by atoms with Crippen molar-refractivity contribution in [2.24, 2.45) is 5.92 Å². The zero-order valence-corrected chi connectivity index (χ0v) is 11.8. The Labute approximate surface area is 105 Å². The van der Waals surface area contributed by atoms with E-state index in [0.717, 1.165) is 18.0 Å². The van der Waals surface area contributed by atoms with E-state index in [1.807, 2.05) is 11.8 Å². The van der Waals surface area contributed by atoms with E-state index >= 15 is 0 Å². The molecule has 1 saturated carbocycles. The van der Waals surface area contributed by atoms with E-state index in [2.05, 4.69) is 25.1 Å². The van der Waals surface area contributed by atoms with Crippen molar-refractivity contribution >= 4 is 17.6 Å². The molecule has 0 heterocycles. The molecule has 16 heavy (non-hydrogen) atoms. The summed E-state index contributed by atoms with van der Waals surface area (Å²) in [4.78, 5) is 2.23. The molecule has 1 aliphatic rings. The van der Waals surface area contributed by atoms with Crippen LogP contribution in [0.4, 0.5) is 0 Å². The molecular weight excluding hydrogens is 216 g/mol.